The number of rotatable bonds is 4. The van der Waals surface area contributed by atoms with E-state index in [1.54, 1.807) is 0 Å². The van der Waals surface area contributed by atoms with E-state index in [9.17, 15) is 18.0 Å². The molecule has 1 aromatic rings. The Bertz CT molecular complexity index is 597. The van der Waals surface area contributed by atoms with E-state index in [4.69, 9.17) is 9.47 Å². The van der Waals surface area contributed by atoms with Gasteiger partial charge >= 0.3 is 6.36 Å². The van der Waals surface area contributed by atoms with Crippen LogP contribution < -0.4 is 10.1 Å². The molecule has 1 atom stereocenters. The van der Waals surface area contributed by atoms with Gasteiger partial charge in [-0.1, -0.05) is 6.42 Å². The van der Waals surface area contributed by atoms with E-state index < -0.39 is 12.1 Å². The fourth-order valence-electron chi connectivity index (χ4n) is 3.19. The first-order valence-corrected chi connectivity index (χ1v) is 8.31. The summed E-state index contributed by atoms with van der Waals surface area (Å²) in [5.41, 5.74) is 0.251. The molecule has 1 aliphatic heterocycles. The van der Waals surface area contributed by atoms with E-state index in [0.29, 0.717) is 13.2 Å². The van der Waals surface area contributed by atoms with E-state index in [1.165, 1.54) is 18.6 Å². The van der Waals surface area contributed by atoms with Crippen LogP contribution in [-0.4, -0.2) is 37.3 Å². The van der Waals surface area contributed by atoms with Crippen LogP contribution in [0.1, 0.15) is 42.5 Å². The number of ether oxygens (including phenoxy) is 3. The molecule has 2 aliphatic rings. The standard InChI is InChI=1S/C17H20F3NO4/c18-17(19,20)25-13-6-4-12(5-7-13)15(22)21-10-14-11-23-16(24-14)8-2-1-3-9-16/h4-7,14H,1-3,8-11H2,(H,21,22)/t14-/m0/s1. The molecule has 25 heavy (non-hydrogen) atoms. The van der Waals surface area contributed by atoms with Gasteiger partial charge in [-0.05, 0) is 37.1 Å². The van der Waals surface area contributed by atoms with Crippen molar-refractivity contribution in [2.24, 2.45) is 0 Å². The van der Waals surface area contributed by atoms with Crippen molar-refractivity contribution in [1.82, 2.24) is 5.32 Å². The van der Waals surface area contributed by atoms with Gasteiger partial charge in [0.25, 0.3) is 5.91 Å². The van der Waals surface area contributed by atoms with Crippen molar-refractivity contribution in [2.75, 3.05) is 13.2 Å². The lowest BCUT2D eigenvalue weighted by Crippen LogP contribution is -2.37. The van der Waals surface area contributed by atoms with Gasteiger partial charge in [0.15, 0.2) is 5.79 Å². The average molecular weight is 359 g/mol. The predicted molar refractivity (Wildman–Crippen MR) is 82.1 cm³/mol. The third-order valence-electron chi connectivity index (χ3n) is 4.37. The van der Waals surface area contributed by atoms with Crippen LogP contribution in [0.3, 0.4) is 0 Å². The minimum atomic E-state index is -4.75. The predicted octanol–water partition coefficient (Wildman–Crippen LogP) is 3.39. The number of hydrogen-bond donors (Lipinski definition) is 1. The van der Waals surface area contributed by atoms with Gasteiger partial charge in [0, 0.05) is 24.9 Å². The Morgan fingerprint density at radius 2 is 1.88 bits per heavy atom. The van der Waals surface area contributed by atoms with Crippen LogP contribution in [0.25, 0.3) is 0 Å². The van der Waals surface area contributed by atoms with E-state index >= 15 is 0 Å². The number of carbonyl (C=O) groups excluding carboxylic acids is 1. The molecule has 1 saturated heterocycles. The molecule has 5 nitrogen and oxygen atoms in total. The molecular weight excluding hydrogens is 339 g/mol. The second kappa shape index (κ2) is 7.21. The van der Waals surface area contributed by atoms with Gasteiger partial charge in [0.1, 0.15) is 11.9 Å². The minimum Gasteiger partial charge on any atom is -0.406 e. The number of amides is 1. The number of alkyl halides is 3. The maximum Gasteiger partial charge on any atom is 0.573 e. The van der Waals surface area contributed by atoms with Gasteiger partial charge in [0.05, 0.1) is 6.61 Å². The first-order valence-electron chi connectivity index (χ1n) is 8.31. The minimum absolute atomic E-state index is 0.213. The fourth-order valence-corrected chi connectivity index (χ4v) is 3.19. The summed E-state index contributed by atoms with van der Waals surface area (Å²) >= 11 is 0. The lowest BCUT2D eigenvalue weighted by Gasteiger charge is -2.31. The van der Waals surface area contributed by atoms with Crippen LogP contribution in [0.4, 0.5) is 13.2 Å². The summed E-state index contributed by atoms with van der Waals surface area (Å²) in [6, 6.07) is 4.78. The maximum atomic E-state index is 12.1. The molecule has 138 valence electrons. The largest absolute Gasteiger partial charge is 0.573 e. The van der Waals surface area contributed by atoms with Crippen molar-refractivity contribution in [3.63, 3.8) is 0 Å². The van der Waals surface area contributed by atoms with Crippen LogP contribution >= 0.6 is 0 Å². The number of carbonyl (C=O) groups is 1. The Labute approximate surface area is 143 Å². The number of nitrogens with one attached hydrogen (secondary N) is 1. The number of hydrogen-bond acceptors (Lipinski definition) is 4. The molecule has 0 unspecified atom stereocenters. The Morgan fingerprint density at radius 1 is 1.20 bits per heavy atom. The summed E-state index contributed by atoms with van der Waals surface area (Å²) in [6.07, 6.45) is 0.116. The normalized spacial score (nSPS) is 22.8. The van der Waals surface area contributed by atoms with Crippen molar-refractivity contribution in [2.45, 2.75) is 50.4 Å². The fraction of sp³-hybridized carbons (Fsp3) is 0.588. The Hall–Kier alpha value is -1.80. The van der Waals surface area contributed by atoms with Crippen LogP contribution in [0.5, 0.6) is 5.75 Å². The smallest absolute Gasteiger partial charge is 0.406 e. The average Bonchev–Trinajstić information content (AvgIpc) is 2.95. The number of halogens is 3. The summed E-state index contributed by atoms with van der Waals surface area (Å²) in [4.78, 5) is 12.1. The van der Waals surface area contributed by atoms with Gasteiger partial charge in [-0.15, -0.1) is 13.2 Å². The highest BCUT2D eigenvalue weighted by molar-refractivity contribution is 5.94. The zero-order chi connectivity index (χ0) is 17.9. The lowest BCUT2D eigenvalue weighted by atomic mass is 9.94. The third kappa shape index (κ3) is 4.85. The molecule has 0 bridgehead atoms. The molecule has 1 aromatic carbocycles. The second-order valence-corrected chi connectivity index (χ2v) is 6.30. The third-order valence-corrected chi connectivity index (χ3v) is 4.37. The lowest BCUT2D eigenvalue weighted by molar-refractivity contribution is -0.274. The molecule has 1 aliphatic carbocycles. The quantitative estimate of drug-likeness (QED) is 0.895. The highest BCUT2D eigenvalue weighted by Gasteiger charge is 2.42. The van der Waals surface area contributed by atoms with Crippen molar-refractivity contribution in [1.29, 1.82) is 0 Å². The molecule has 3 rings (SSSR count). The maximum absolute atomic E-state index is 12.1. The molecule has 1 heterocycles. The highest BCUT2D eigenvalue weighted by Crippen LogP contribution is 2.37. The number of benzene rings is 1. The van der Waals surface area contributed by atoms with E-state index in [1.807, 2.05) is 0 Å². The zero-order valence-electron chi connectivity index (χ0n) is 13.6. The van der Waals surface area contributed by atoms with E-state index in [0.717, 1.165) is 37.8 Å². The molecule has 1 saturated carbocycles. The van der Waals surface area contributed by atoms with Crippen LogP contribution in [0.2, 0.25) is 0 Å². The Balaban J connectivity index is 1.48. The molecule has 1 N–H and O–H groups in total. The van der Waals surface area contributed by atoms with E-state index in [2.05, 4.69) is 10.1 Å². The second-order valence-electron chi connectivity index (χ2n) is 6.30. The Morgan fingerprint density at radius 3 is 2.52 bits per heavy atom. The van der Waals surface area contributed by atoms with Gasteiger partial charge in [-0.2, -0.15) is 0 Å². The monoisotopic (exact) mass is 359 g/mol. The first-order chi connectivity index (χ1) is 11.9. The van der Waals surface area contributed by atoms with Crippen molar-refractivity contribution in [3.05, 3.63) is 29.8 Å². The van der Waals surface area contributed by atoms with Crippen molar-refractivity contribution in [3.8, 4) is 5.75 Å². The van der Waals surface area contributed by atoms with E-state index in [-0.39, 0.29) is 23.3 Å². The summed E-state index contributed by atoms with van der Waals surface area (Å²) in [6.45, 7) is 0.722. The molecule has 1 spiro atoms. The van der Waals surface area contributed by atoms with Gasteiger partial charge < -0.3 is 19.5 Å². The summed E-state index contributed by atoms with van der Waals surface area (Å²) in [5.74, 6) is -1.24. The molecule has 2 fully saturated rings. The molecule has 1 amide bonds. The topological polar surface area (TPSA) is 56.8 Å². The molecular formula is C17H20F3NO4. The van der Waals surface area contributed by atoms with Crippen LogP contribution in [-0.2, 0) is 9.47 Å². The first kappa shape index (κ1) is 18.0. The summed E-state index contributed by atoms with van der Waals surface area (Å²) < 4.78 is 51.9. The van der Waals surface area contributed by atoms with Gasteiger partial charge in [0.2, 0.25) is 0 Å². The molecule has 8 heteroatoms. The van der Waals surface area contributed by atoms with Gasteiger partial charge in [-0.3, -0.25) is 4.79 Å². The SMILES string of the molecule is O=C(NC[C@H]1COC2(CCCCC2)O1)c1ccc(OC(F)(F)F)cc1. The van der Waals surface area contributed by atoms with Crippen LogP contribution in [0.15, 0.2) is 24.3 Å². The van der Waals surface area contributed by atoms with Crippen LogP contribution in [0, 0.1) is 0 Å². The molecule has 0 radical (unpaired) electrons. The molecule has 0 aromatic heterocycles. The Kier molecular flexibility index (Phi) is 5.19. The summed E-state index contributed by atoms with van der Waals surface area (Å²) in [5, 5.41) is 2.72. The van der Waals surface area contributed by atoms with Crippen molar-refractivity contribution < 1.29 is 32.2 Å². The highest BCUT2D eigenvalue weighted by atomic mass is 19.4. The van der Waals surface area contributed by atoms with Crippen molar-refractivity contribution >= 4 is 5.91 Å². The van der Waals surface area contributed by atoms with Gasteiger partial charge in [-0.25, -0.2) is 0 Å². The zero-order valence-corrected chi connectivity index (χ0v) is 13.6. The summed E-state index contributed by atoms with van der Waals surface area (Å²) in [7, 11) is 0.